The molecule has 2 atom stereocenters. The Hall–Kier alpha value is 0.01000. The SMILES string of the molecule is C=C(CS)CN1CC2CCC(C1)O2. The smallest absolute Gasteiger partial charge is 0.0707 e. The molecule has 2 nitrogen and oxygen atoms in total. The standard InChI is InChI=1S/C10H17NOS/c1-8(7-13)4-11-5-9-2-3-10(6-11)12-9/h9-10,13H,1-7H2. The van der Waals surface area contributed by atoms with Gasteiger partial charge in [-0.1, -0.05) is 12.2 Å². The van der Waals surface area contributed by atoms with Crippen LogP contribution in [-0.4, -0.2) is 42.5 Å². The molecule has 0 N–H and O–H groups in total. The molecule has 0 saturated carbocycles. The van der Waals surface area contributed by atoms with Gasteiger partial charge in [-0.05, 0) is 12.8 Å². The maximum absolute atomic E-state index is 5.75. The van der Waals surface area contributed by atoms with Gasteiger partial charge < -0.3 is 4.74 Å². The minimum Gasteiger partial charge on any atom is -0.372 e. The highest BCUT2D eigenvalue weighted by Crippen LogP contribution is 2.26. The van der Waals surface area contributed by atoms with Gasteiger partial charge in [0.2, 0.25) is 0 Å². The quantitative estimate of drug-likeness (QED) is 0.544. The Morgan fingerprint density at radius 2 is 2.00 bits per heavy atom. The largest absolute Gasteiger partial charge is 0.372 e. The van der Waals surface area contributed by atoms with Gasteiger partial charge in [0.1, 0.15) is 0 Å². The number of hydrogen-bond donors (Lipinski definition) is 1. The molecule has 74 valence electrons. The maximum Gasteiger partial charge on any atom is 0.0707 e. The van der Waals surface area contributed by atoms with Crippen LogP contribution in [0.2, 0.25) is 0 Å². The summed E-state index contributed by atoms with van der Waals surface area (Å²) in [5.41, 5.74) is 1.21. The molecule has 0 spiro atoms. The molecule has 3 heteroatoms. The normalized spacial score (nSPS) is 33.6. The van der Waals surface area contributed by atoms with Crippen molar-refractivity contribution >= 4 is 12.6 Å². The number of thiol groups is 1. The molecular weight excluding hydrogens is 182 g/mol. The van der Waals surface area contributed by atoms with E-state index in [2.05, 4.69) is 24.1 Å². The predicted octanol–water partition coefficient (Wildman–Crippen LogP) is 1.34. The average Bonchev–Trinajstić information content (AvgIpc) is 2.46. The first-order valence-electron chi connectivity index (χ1n) is 4.93. The van der Waals surface area contributed by atoms with Crippen molar-refractivity contribution in [3.8, 4) is 0 Å². The summed E-state index contributed by atoms with van der Waals surface area (Å²) in [4.78, 5) is 2.45. The summed E-state index contributed by atoms with van der Waals surface area (Å²) in [7, 11) is 0. The van der Waals surface area contributed by atoms with Crippen LogP contribution in [0.5, 0.6) is 0 Å². The van der Waals surface area contributed by atoms with E-state index in [0.717, 1.165) is 25.4 Å². The van der Waals surface area contributed by atoms with Gasteiger partial charge in [0.25, 0.3) is 0 Å². The van der Waals surface area contributed by atoms with E-state index < -0.39 is 0 Å². The Morgan fingerprint density at radius 3 is 2.54 bits per heavy atom. The Bertz CT molecular complexity index is 195. The predicted molar refractivity (Wildman–Crippen MR) is 57.3 cm³/mol. The van der Waals surface area contributed by atoms with Crippen molar-refractivity contribution in [3.63, 3.8) is 0 Å². The summed E-state index contributed by atoms with van der Waals surface area (Å²) < 4.78 is 5.75. The highest BCUT2D eigenvalue weighted by Gasteiger charge is 2.33. The van der Waals surface area contributed by atoms with Gasteiger partial charge in [-0.2, -0.15) is 12.6 Å². The second kappa shape index (κ2) is 4.03. The lowest BCUT2D eigenvalue weighted by atomic mass is 10.2. The third-order valence-electron chi connectivity index (χ3n) is 2.79. The van der Waals surface area contributed by atoms with E-state index in [4.69, 9.17) is 4.74 Å². The van der Waals surface area contributed by atoms with E-state index in [0.29, 0.717) is 12.2 Å². The molecule has 2 fully saturated rings. The second-order valence-electron chi connectivity index (χ2n) is 4.06. The van der Waals surface area contributed by atoms with E-state index in [1.54, 1.807) is 0 Å². The summed E-state index contributed by atoms with van der Waals surface area (Å²) in [5, 5.41) is 0. The van der Waals surface area contributed by atoms with Crippen molar-refractivity contribution in [1.29, 1.82) is 0 Å². The minimum atomic E-state index is 0.492. The zero-order valence-electron chi connectivity index (χ0n) is 7.91. The molecule has 2 saturated heterocycles. The molecule has 0 amide bonds. The molecule has 0 aromatic rings. The molecule has 0 aromatic carbocycles. The van der Waals surface area contributed by atoms with E-state index in [9.17, 15) is 0 Å². The fourth-order valence-electron chi connectivity index (χ4n) is 2.19. The summed E-state index contributed by atoms with van der Waals surface area (Å²) in [5.74, 6) is 0.798. The lowest BCUT2D eigenvalue weighted by molar-refractivity contribution is -0.0350. The van der Waals surface area contributed by atoms with Gasteiger partial charge in [0.05, 0.1) is 12.2 Å². The summed E-state index contributed by atoms with van der Waals surface area (Å²) >= 11 is 4.22. The van der Waals surface area contributed by atoms with E-state index in [1.807, 2.05) is 0 Å². The van der Waals surface area contributed by atoms with Crippen molar-refractivity contribution in [2.75, 3.05) is 25.4 Å². The van der Waals surface area contributed by atoms with Crippen molar-refractivity contribution in [2.45, 2.75) is 25.0 Å². The van der Waals surface area contributed by atoms with Gasteiger partial charge >= 0.3 is 0 Å². The number of fused-ring (bicyclic) bond motifs is 2. The zero-order chi connectivity index (χ0) is 9.26. The van der Waals surface area contributed by atoms with Crippen molar-refractivity contribution in [2.24, 2.45) is 0 Å². The Labute approximate surface area is 85.4 Å². The van der Waals surface area contributed by atoms with Gasteiger partial charge in [-0.15, -0.1) is 0 Å². The number of likely N-dealkylation sites (tertiary alicyclic amines) is 1. The number of morpholine rings is 1. The second-order valence-corrected chi connectivity index (χ2v) is 4.38. The molecule has 13 heavy (non-hydrogen) atoms. The first-order valence-corrected chi connectivity index (χ1v) is 5.56. The van der Waals surface area contributed by atoms with Gasteiger partial charge in [0, 0.05) is 25.4 Å². The van der Waals surface area contributed by atoms with Crippen LogP contribution in [0.15, 0.2) is 12.2 Å². The lowest BCUT2D eigenvalue weighted by Crippen LogP contribution is -2.43. The van der Waals surface area contributed by atoms with E-state index in [1.165, 1.54) is 18.4 Å². The first-order chi connectivity index (χ1) is 6.28. The number of rotatable bonds is 3. The Balaban J connectivity index is 1.85. The molecule has 2 rings (SSSR count). The van der Waals surface area contributed by atoms with E-state index >= 15 is 0 Å². The lowest BCUT2D eigenvalue weighted by Gasteiger charge is -2.32. The van der Waals surface area contributed by atoms with Crippen LogP contribution < -0.4 is 0 Å². The monoisotopic (exact) mass is 199 g/mol. The molecular formula is C10H17NOS. The minimum absolute atomic E-state index is 0.492. The van der Waals surface area contributed by atoms with Crippen LogP contribution >= 0.6 is 12.6 Å². The maximum atomic E-state index is 5.75. The number of nitrogens with zero attached hydrogens (tertiary/aromatic N) is 1. The highest BCUT2D eigenvalue weighted by atomic mass is 32.1. The highest BCUT2D eigenvalue weighted by molar-refractivity contribution is 7.80. The van der Waals surface area contributed by atoms with Gasteiger partial charge in [-0.3, -0.25) is 4.90 Å². The van der Waals surface area contributed by atoms with Crippen LogP contribution in [0.4, 0.5) is 0 Å². The Kier molecular flexibility index (Phi) is 2.96. The van der Waals surface area contributed by atoms with Gasteiger partial charge in [-0.25, -0.2) is 0 Å². The first kappa shape index (κ1) is 9.56. The molecule has 2 unspecified atom stereocenters. The summed E-state index contributed by atoms with van der Waals surface area (Å²) in [6.45, 7) is 7.15. The fraction of sp³-hybridized carbons (Fsp3) is 0.800. The van der Waals surface area contributed by atoms with Crippen LogP contribution in [0.25, 0.3) is 0 Å². The number of ether oxygens (including phenoxy) is 1. The summed E-state index contributed by atoms with van der Waals surface area (Å²) in [6.07, 6.45) is 3.47. The molecule has 0 aromatic heterocycles. The van der Waals surface area contributed by atoms with Crippen LogP contribution in [0.3, 0.4) is 0 Å². The van der Waals surface area contributed by atoms with Crippen LogP contribution in [0, 0.1) is 0 Å². The van der Waals surface area contributed by atoms with E-state index in [-0.39, 0.29) is 0 Å². The van der Waals surface area contributed by atoms with Crippen molar-refractivity contribution < 1.29 is 4.74 Å². The molecule has 0 radical (unpaired) electrons. The molecule has 0 aliphatic carbocycles. The fourth-order valence-corrected chi connectivity index (χ4v) is 2.29. The van der Waals surface area contributed by atoms with Crippen LogP contribution in [-0.2, 0) is 4.74 Å². The van der Waals surface area contributed by atoms with Gasteiger partial charge in [0.15, 0.2) is 0 Å². The third kappa shape index (κ3) is 2.27. The molecule has 2 heterocycles. The Morgan fingerprint density at radius 1 is 1.38 bits per heavy atom. The van der Waals surface area contributed by atoms with Crippen molar-refractivity contribution in [1.82, 2.24) is 4.90 Å². The van der Waals surface area contributed by atoms with Crippen molar-refractivity contribution in [3.05, 3.63) is 12.2 Å². The topological polar surface area (TPSA) is 12.5 Å². The number of hydrogen-bond acceptors (Lipinski definition) is 3. The molecule has 2 aliphatic rings. The average molecular weight is 199 g/mol. The third-order valence-corrected chi connectivity index (χ3v) is 3.24. The zero-order valence-corrected chi connectivity index (χ0v) is 8.80. The van der Waals surface area contributed by atoms with Crippen LogP contribution in [0.1, 0.15) is 12.8 Å². The summed E-state index contributed by atoms with van der Waals surface area (Å²) in [6, 6.07) is 0. The molecule has 2 aliphatic heterocycles. The molecule has 2 bridgehead atoms.